The van der Waals surface area contributed by atoms with Gasteiger partial charge in [-0.25, -0.2) is 0 Å². The fourth-order valence-electron chi connectivity index (χ4n) is 2.94. The van der Waals surface area contributed by atoms with Gasteiger partial charge in [-0.3, -0.25) is 4.90 Å². The van der Waals surface area contributed by atoms with Crippen LogP contribution in [0, 0.1) is 0 Å². The Morgan fingerprint density at radius 1 is 0.833 bits per heavy atom. The first kappa shape index (κ1) is 18.5. The van der Waals surface area contributed by atoms with Gasteiger partial charge in [0.1, 0.15) is 5.75 Å². The van der Waals surface area contributed by atoms with Crippen LogP contribution in [0.1, 0.15) is 23.6 Å². The Hall–Kier alpha value is -1.84. The van der Waals surface area contributed by atoms with Gasteiger partial charge in [0.2, 0.25) is 0 Å². The van der Waals surface area contributed by atoms with Crippen LogP contribution in [-0.4, -0.2) is 44.1 Å². The Kier molecular flexibility index (Phi) is 7.29. The number of methoxy groups -OCH3 is 1. The maximum atomic E-state index is 5.71. The van der Waals surface area contributed by atoms with E-state index >= 15 is 0 Å². The molecule has 0 heterocycles. The van der Waals surface area contributed by atoms with E-state index in [1.54, 1.807) is 7.11 Å². The highest BCUT2D eigenvalue weighted by Gasteiger charge is 2.13. The lowest BCUT2D eigenvalue weighted by Gasteiger charge is -2.25. The van der Waals surface area contributed by atoms with Crippen molar-refractivity contribution in [2.75, 3.05) is 34.3 Å². The summed E-state index contributed by atoms with van der Waals surface area (Å²) < 4.78 is 5.71. The Morgan fingerprint density at radius 2 is 1.54 bits per heavy atom. The van der Waals surface area contributed by atoms with Gasteiger partial charge in [-0.1, -0.05) is 55.5 Å². The van der Waals surface area contributed by atoms with E-state index in [4.69, 9.17) is 4.74 Å². The van der Waals surface area contributed by atoms with E-state index in [-0.39, 0.29) is 0 Å². The summed E-state index contributed by atoms with van der Waals surface area (Å²) >= 11 is 0. The third-order valence-corrected chi connectivity index (χ3v) is 4.27. The third kappa shape index (κ3) is 5.36. The average Bonchev–Trinajstić information content (AvgIpc) is 2.60. The standard InChI is InChI=1S/C21H30N2O/c1-5-19-12-9-13-20(21(19)24-4)17-23(15-14-22(2)3)16-18-10-7-6-8-11-18/h6-13H,5,14-17H2,1-4H3. The zero-order valence-electron chi connectivity index (χ0n) is 15.5. The molecule has 2 aromatic carbocycles. The predicted octanol–water partition coefficient (Wildman–Crippen LogP) is 3.82. The van der Waals surface area contributed by atoms with Crippen molar-refractivity contribution >= 4 is 0 Å². The summed E-state index contributed by atoms with van der Waals surface area (Å²) in [6, 6.07) is 17.2. The fraction of sp³-hybridized carbons (Fsp3) is 0.429. The Balaban J connectivity index is 2.18. The highest BCUT2D eigenvalue weighted by Crippen LogP contribution is 2.26. The lowest BCUT2D eigenvalue weighted by atomic mass is 10.1. The molecule has 3 nitrogen and oxygen atoms in total. The summed E-state index contributed by atoms with van der Waals surface area (Å²) in [5, 5.41) is 0. The van der Waals surface area contributed by atoms with E-state index in [2.05, 4.69) is 79.3 Å². The highest BCUT2D eigenvalue weighted by molar-refractivity contribution is 5.41. The first-order valence-corrected chi connectivity index (χ1v) is 8.69. The number of hydrogen-bond donors (Lipinski definition) is 0. The van der Waals surface area contributed by atoms with Gasteiger partial charge >= 0.3 is 0 Å². The normalized spacial score (nSPS) is 11.2. The van der Waals surface area contributed by atoms with E-state index in [0.29, 0.717) is 0 Å². The van der Waals surface area contributed by atoms with Gasteiger partial charge in [0.25, 0.3) is 0 Å². The van der Waals surface area contributed by atoms with Gasteiger partial charge in [0.05, 0.1) is 7.11 Å². The molecule has 130 valence electrons. The molecule has 0 amide bonds. The second kappa shape index (κ2) is 9.45. The molecule has 0 aliphatic rings. The average molecular weight is 326 g/mol. The molecule has 24 heavy (non-hydrogen) atoms. The van der Waals surface area contributed by atoms with Gasteiger partial charge in [-0.2, -0.15) is 0 Å². The SMILES string of the molecule is CCc1cccc(CN(CCN(C)C)Cc2ccccc2)c1OC. The molecule has 0 aliphatic carbocycles. The van der Waals surface area contributed by atoms with Crippen molar-refractivity contribution in [1.82, 2.24) is 9.80 Å². The molecule has 0 aliphatic heterocycles. The second-order valence-corrected chi connectivity index (χ2v) is 6.46. The number of rotatable bonds is 9. The predicted molar refractivity (Wildman–Crippen MR) is 101 cm³/mol. The maximum Gasteiger partial charge on any atom is 0.126 e. The van der Waals surface area contributed by atoms with E-state index in [0.717, 1.165) is 38.3 Å². The van der Waals surface area contributed by atoms with Crippen molar-refractivity contribution < 1.29 is 4.74 Å². The van der Waals surface area contributed by atoms with E-state index in [1.807, 2.05) is 0 Å². The molecule has 0 bridgehead atoms. The lowest BCUT2D eigenvalue weighted by Crippen LogP contribution is -2.31. The number of aryl methyl sites for hydroxylation is 1. The van der Waals surface area contributed by atoms with Gasteiger partial charge in [0, 0.05) is 31.7 Å². The molecule has 2 rings (SSSR count). The quantitative estimate of drug-likeness (QED) is 0.697. The Labute approximate surface area is 146 Å². The Morgan fingerprint density at radius 3 is 2.17 bits per heavy atom. The molecule has 0 unspecified atom stereocenters. The highest BCUT2D eigenvalue weighted by atomic mass is 16.5. The maximum absolute atomic E-state index is 5.71. The first-order chi connectivity index (χ1) is 11.6. The van der Waals surface area contributed by atoms with E-state index in [1.165, 1.54) is 16.7 Å². The minimum absolute atomic E-state index is 0.903. The number of ether oxygens (including phenoxy) is 1. The second-order valence-electron chi connectivity index (χ2n) is 6.46. The van der Waals surface area contributed by atoms with Crippen molar-refractivity contribution in [3.05, 3.63) is 65.2 Å². The Bertz CT molecular complexity index is 610. The van der Waals surface area contributed by atoms with Gasteiger partial charge in [0.15, 0.2) is 0 Å². The number of hydrogen-bond acceptors (Lipinski definition) is 3. The summed E-state index contributed by atoms with van der Waals surface area (Å²) in [6.45, 7) is 6.10. The molecule has 3 heteroatoms. The van der Waals surface area contributed by atoms with Crippen LogP contribution < -0.4 is 4.74 Å². The van der Waals surface area contributed by atoms with Crippen LogP contribution >= 0.6 is 0 Å². The summed E-state index contributed by atoms with van der Waals surface area (Å²) in [4.78, 5) is 4.73. The number of benzene rings is 2. The molecule has 0 atom stereocenters. The monoisotopic (exact) mass is 326 g/mol. The first-order valence-electron chi connectivity index (χ1n) is 8.69. The van der Waals surface area contributed by atoms with Crippen LogP contribution in [0.4, 0.5) is 0 Å². The van der Waals surface area contributed by atoms with Crippen molar-refractivity contribution in [3.63, 3.8) is 0 Å². The zero-order valence-corrected chi connectivity index (χ0v) is 15.5. The molecule has 0 saturated heterocycles. The van der Waals surface area contributed by atoms with Crippen molar-refractivity contribution in [2.24, 2.45) is 0 Å². The summed E-state index contributed by atoms with van der Waals surface area (Å²) in [5.41, 5.74) is 3.90. The van der Waals surface area contributed by atoms with Gasteiger partial charge in [-0.05, 0) is 31.6 Å². The number of nitrogens with zero attached hydrogens (tertiary/aromatic N) is 2. The van der Waals surface area contributed by atoms with Crippen LogP contribution in [0.15, 0.2) is 48.5 Å². The topological polar surface area (TPSA) is 15.7 Å². The lowest BCUT2D eigenvalue weighted by molar-refractivity contribution is 0.223. The van der Waals surface area contributed by atoms with Crippen LogP contribution in [0.25, 0.3) is 0 Å². The van der Waals surface area contributed by atoms with Crippen LogP contribution in [0.3, 0.4) is 0 Å². The van der Waals surface area contributed by atoms with Crippen LogP contribution in [0.2, 0.25) is 0 Å². The minimum atomic E-state index is 0.903. The molecule has 0 spiro atoms. The van der Waals surface area contributed by atoms with Crippen LogP contribution in [-0.2, 0) is 19.5 Å². The smallest absolute Gasteiger partial charge is 0.126 e. The van der Waals surface area contributed by atoms with Crippen molar-refractivity contribution in [1.29, 1.82) is 0 Å². The van der Waals surface area contributed by atoms with Crippen LogP contribution in [0.5, 0.6) is 5.75 Å². The molecule has 2 aromatic rings. The summed E-state index contributed by atoms with van der Waals surface area (Å²) in [5.74, 6) is 1.04. The molecule has 0 aromatic heterocycles. The molecule has 0 saturated carbocycles. The third-order valence-electron chi connectivity index (χ3n) is 4.27. The minimum Gasteiger partial charge on any atom is -0.496 e. The van der Waals surface area contributed by atoms with E-state index in [9.17, 15) is 0 Å². The molecule has 0 radical (unpaired) electrons. The molecular formula is C21H30N2O. The zero-order chi connectivity index (χ0) is 17.4. The molecular weight excluding hydrogens is 296 g/mol. The number of likely N-dealkylation sites (N-methyl/N-ethyl adjacent to an activating group) is 1. The van der Waals surface area contributed by atoms with Crippen molar-refractivity contribution in [3.8, 4) is 5.75 Å². The fourth-order valence-corrected chi connectivity index (χ4v) is 2.94. The largest absolute Gasteiger partial charge is 0.496 e. The van der Waals surface area contributed by atoms with Gasteiger partial charge in [-0.15, -0.1) is 0 Å². The molecule has 0 N–H and O–H groups in total. The summed E-state index contributed by atoms with van der Waals surface area (Å²) in [6.07, 6.45) is 0.993. The van der Waals surface area contributed by atoms with Crippen molar-refractivity contribution in [2.45, 2.75) is 26.4 Å². The summed E-state index contributed by atoms with van der Waals surface area (Å²) in [7, 11) is 6.03. The van der Waals surface area contributed by atoms with Gasteiger partial charge < -0.3 is 9.64 Å². The molecule has 0 fully saturated rings. The van der Waals surface area contributed by atoms with E-state index < -0.39 is 0 Å². The number of para-hydroxylation sites is 1.